The van der Waals surface area contributed by atoms with E-state index in [9.17, 15) is 12.8 Å². The molecular formula is C11H14FNO2S. The fourth-order valence-electron chi connectivity index (χ4n) is 2.11. The van der Waals surface area contributed by atoms with Gasteiger partial charge in [0.1, 0.15) is 5.67 Å². The minimum atomic E-state index is -3.27. The molecule has 0 aromatic heterocycles. The van der Waals surface area contributed by atoms with Crippen LogP contribution in [0.5, 0.6) is 0 Å². The molecule has 1 unspecified atom stereocenters. The molecular weight excluding hydrogens is 229 g/mol. The summed E-state index contributed by atoms with van der Waals surface area (Å²) in [5, 5.41) is 0. The van der Waals surface area contributed by atoms with Gasteiger partial charge in [-0.05, 0) is 30.5 Å². The van der Waals surface area contributed by atoms with Gasteiger partial charge >= 0.3 is 0 Å². The van der Waals surface area contributed by atoms with Crippen LogP contribution in [0.3, 0.4) is 0 Å². The van der Waals surface area contributed by atoms with Gasteiger partial charge in [-0.25, -0.2) is 12.8 Å². The van der Waals surface area contributed by atoms with Crippen LogP contribution in [0.15, 0.2) is 24.3 Å². The summed E-state index contributed by atoms with van der Waals surface area (Å²) in [6, 6.07) is 6.41. The lowest BCUT2D eigenvalue weighted by molar-refractivity contribution is 0.173. The Bertz CT molecular complexity index is 500. The molecule has 0 spiro atoms. The predicted molar refractivity (Wildman–Crippen MR) is 61.5 cm³/mol. The second-order valence-electron chi connectivity index (χ2n) is 4.29. The maximum absolute atomic E-state index is 14.5. The predicted octanol–water partition coefficient (Wildman–Crippen LogP) is 1.64. The van der Waals surface area contributed by atoms with Gasteiger partial charge in [0.05, 0.1) is 11.5 Å². The molecule has 88 valence electrons. The average molecular weight is 243 g/mol. The Morgan fingerprint density at radius 3 is 2.75 bits per heavy atom. The molecule has 1 fully saturated rings. The summed E-state index contributed by atoms with van der Waals surface area (Å²) < 4.78 is 37.5. The zero-order valence-corrected chi connectivity index (χ0v) is 9.63. The van der Waals surface area contributed by atoms with Crippen molar-refractivity contribution in [2.45, 2.75) is 18.5 Å². The van der Waals surface area contributed by atoms with Crippen LogP contribution >= 0.6 is 0 Å². The van der Waals surface area contributed by atoms with Crippen LogP contribution in [0.4, 0.5) is 10.1 Å². The van der Waals surface area contributed by atoms with Crippen molar-refractivity contribution >= 4 is 15.5 Å². The van der Waals surface area contributed by atoms with Crippen molar-refractivity contribution in [1.82, 2.24) is 0 Å². The molecule has 1 aromatic carbocycles. The van der Waals surface area contributed by atoms with E-state index in [2.05, 4.69) is 0 Å². The molecule has 0 bridgehead atoms. The van der Waals surface area contributed by atoms with E-state index in [0.29, 0.717) is 17.7 Å². The minimum Gasteiger partial charge on any atom is -0.399 e. The van der Waals surface area contributed by atoms with Gasteiger partial charge in [-0.15, -0.1) is 0 Å². The number of anilines is 1. The second-order valence-corrected chi connectivity index (χ2v) is 6.47. The van der Waals surface area contributed by atoms with Gasteiger partial charge in [-0.1, -0.05) is 12.1 Å². The minimum absolute atomic E-state index is 0.0843. The van der Waals surface area contributed by atoms with E-state index < -0.39 is 21.3 Å². The Labute approximate surface area is 94.4 Å². The Hall–Kier alpha value is -1.10. The third kappa shape index (κ3) is 2.19. The average Bonchev–Trinajstić information content (AvgIpc) is 2.15. The van der Waals surface area contributed by atoms with Crippen LogP contribution in [0, 0.1) is 0 Å². The van der Waals surface area contributed by atoms with Crippen LogP contribution in [0.25, 0.3) is 0 Å². The maximum Gasteiger partial charge on any atom is 0.153 e. The summed E-state index contributed by atoms with van der Waals surface area (Å²) >= 11 is 0. The summed E-state index contributed by atoms with van der Waals surface area (Å²) in [4.78, 5) is 0. The third-order valence-corrected chi connectivity index (χ3v) is 4.69. The smallest absolute Gasteiger partial charge is 0.153 e. The third-order valence-electron chi connectivity index (χ3n) is 2.88. The first-order valence-corrected chi connectivity index (χ1v) is 6.99. The molecule has 1 atom stereocenters. The number of hydrogen-bond donors (Lipinski definition) is 1. The highest BCUT2D eigenvalue weighted by molar-refractivity contribution is 7.91. The Kier molecular flexibility index (Phi) is 2.66. The number of halogens is 1. The first-order chi connectivity index (χ1) is 7.41. The molecule has 0 saturated carbocycles. The first-order valence-electron chi connectivity index (χ1n) is 5.17. The Morgan fingerprint density at radius 1 is 1.38 bits per heavy atom. The van der Waals surface area contributed by atoms with Crippen LogP contribution < -0.4 is 5.73 Å². The standard InChI is InChI=1S/C11H14FNO2S/c12-11(5-2-6-16(14,15)8-11)9-3-1-4-10(13)7-9/h1,3-4,7H,2,5-6,8,13H2. The molecule has 1 aromatic rings. The van der Waals surface area contributed by atoms with Crippen molar-refractivity contribution in [1.29, 1.82) is 0 Å². The summed E-state index contributed by atoms with van der Waals surface area (Å²) in [6.07, 6.45) is 0.614. The molecule has 3 nitrogen and oxygen atoms in total. The summed E-state index contributed by atoms with van der Waals surface area (Å²) in [6.45, 7) is 0. The number of alkyl halides is 1. The van der Waals surface area contributed by atoms with Crippen molar-refractivity contribution in [3.05, 3.63) is 29.8 Å². The molecule has 16 heavy (non-hydrogen) atoms. The highest BCUT2D eigenvalue weighted by Crippen LogP contribution is 2.37. The highest BCUT2D eigenvalue weighted by Gasteiger charge is 2.40. The highest BCUT2D eigenvalue weighted by atomic mass is 32.2. The van der Waals surface area contributed by atoms with Crippen LogP contribution in [-0.4, -0.2) is 19.9 Å². The van der Waals surface area contributed by atoms with Gasteiger partial charge in [0.15, 0.2) is 9.84 Å². The summed E-state index contributed by atoms with van der Waals surface area (Å²) in [5.41, 5.74) is 4.63. The molecule has 0 aliphatic carbocycles. The normalized spacial score (nSPS) is 28.8. The zero-order valence-electron chi connectivity index (χ0n) is 8.82. The Morgan fingerprint density at radius 2 is 2.12 bits per heavy atom. The zero-order chi connectivity index (χ0) is 11.8. The van der Waals surface area contributed by atoms with E-state index in [1.54, 1.807) is 18.2 Å². The number of nitrogens with two attached hydrogens (primary N) is 1. The number of benzene rings is 1. The number of rotatable bonds is 1. The van der Waals surface area contributed by atoms with Gasteiger partial charge in [-0.3, -0.25) is 0 Å². The fourth-order valence-corrected chi connectivity index (χ4v) is 3.85. The lowest BCUT2D eigenvalue weighted by Crippen LogP contribution is -2.36. The lowest BCUT2D eigenvalue weighted by Gasteiger charge is -2.29. The molecule has 1 aliphatic heterocycles. The van der Waals surface area contributed by atoms with Crippen molar-refractivity contribution < 1.29 is 12.8 Å². The van der Waals surface area contributed by atoms with Crippen LogP contribution in [-0.2, 0) is 15.5 Å². The lowest BCUT2D eigenvalue weighted by atomic mass is 9.92. The summed E-state index contributed by atoms with van der Waals surface area (Å²) in [5.74, 6) is -0.343. The molecule has 1 saturated heterocycles. The van der Waals surface area contributed by atoms with Gasteiger partial charge in [0.25, 0.3) is 0 Å². The Balaban J connectivity index is 2.38. The number of hydrogen-bond acceptors (Lipinski definition) is 3. The molecule has 2 rings (SSSR count). The molecule has 1 heterocycles. The monoisotopic (exact) mass is 243 g/mol. The van der Waals surface area contributed by atoms with Crippen molar-refractivity contribution in [3.63, 3.8) is 0 Å². The van der Waals surface area contributed by atoms with Crippen molar-refractivity contribution in [3.8, 4) is 0 Å². The van der Waals surface area contributed by atoms with E-state index in [1.807, 2.05) is 0 Å². The fraction of sp³-hybridized carbons (Fsp3) is 0.455. The van der Waals surface area contributed by atoms with Gasteiger partial charge in [0, 0.05) is 5.69 Å². The van der Waals surface area contributed by atoms with Crippen LogP contribution in [0.1, 0.15) is 18.4 Å². The van der Waals surface area contributed by atoms with E-state index in [4.69, 9.17) is 5.73 Å². The van der Waals surface area contributed by atoms with Gasteiger partial charge in [0.2, 0.25) is 0 Å². The van der Waals surface area contributed by atoms with Crippen LogP contribution in [0.2, 0.25) is 0 Å². The molecule has 0 radical (unpaired) electrons. The summed E-state index contributed by atoms with van der Waals surface area (Å²) in [7, 11) is -3.27. The largest absolute Gasteiger partial charge is 0.399 e. The molecule has 2 N–H and O–H groups in total. The van der Waals surface area contributed by atoms with Gasteiger partial charge < -0.3 is 5.73 Å². The van der Waals surface area contributed by atoms with E-state index in [0.717, 1.165) is 0 Å². The molecule has 1 aliphatic rings. The molecule has 5 heteroatoms. The first kappa shape index (κ1) is 11.4. The van der Waals surface area contributed by atoms with E-state index in [1.165, 1.54) is 6.07 Å². The SMILES string of the molecule is Nc1cccc(C2(F)CCCS(=O)(=O)C2)c1. The molecule has 0 amide bonds. The van der Waals surface area contributed by atoms with Crippen molar-refractivity contribution in [2.24, 2.45) is 0 Å². The number of sulfone groups is 1. The van der Waals surface area contributed by atoms with E-state index >= 15 is 0 Å². The second kappa shape index (κ2) is 3.73. The van der Waals surface area contributed by atoms with Gasteiger partial charge in [-0.2, -0.15) is 0 Å². The van der Waals surface area contributed by atoms with Crippen molar-refractivity contribution in [2.75, 3.05) is 17.2 Å². The topological polar surface area (TPSA) is 60.2 Å². The maximum atomic E-state index is 14.5. The number of nitrogen functional groups attached to an aromatic ring is 1. The quantitative estimate of drug-likeness (QED) is 0.763. The van der Waals surface area contributed by atoms with E-state index in [-0.39, 0.29) is 12.2 Å².